The van der Waals surface area contributed by atoms with Crippen molar-refractivity contribution in [1.29, 1.82) is 0 Å². The van der Waals surface area contributed by atoms with Crippen LogP contribution in [-0.4, -0.2) is 56.3 Å². The van der Waals surface area contributed by atoms with Crippen LogP contribution in [0.15, 0.2) is 16.4 Å². The molecule has 3 heterocycles. The van der Waals surface area contributed by atoms with Crippen LogP contribution in [0.5, 0.6) is 0 Å². The third kappa shape index (κ3) is 2.55. The summed E-state index contributed by atoms with van der Waals surface area (Å²) in [5, 5.41) is 18.7. The molecule has 120 valence electrons. The number of aromatic nitrogens is 3. The van der Waals surface area contributed by atoms with Gasteiger partial charge in [0.25, 0.3) is 0 Å². The number of aliphatic hydroxyl groups excluding tert-OH is 1. The first kappa shape index (κ1) is 14.5. The van der Waals surface area contributed by atoms with Crippen molar-refractivity contribution in [2.75, 3.05) is 24.7 Å². The first-order valence-corrected chi connectivity index (χ1v) is 9.37. The Bertz CT molecular complexity index is 591. The van der Waals surface area contributed by atoms with Crippen molar-refractivity contribution in [2.24, 2.45) is 0 Å². The average molecular weight is 321 g/mol. The number of hydrogen-bond acceptors (Lipinski definition) is 6. The molecule has 0 saturated carbocycles. The zero-order chi connectivity index (χ0) is 15.1. The van der Waals surface area contributed by atoms with Gasteiger partial charge in [0.1, 0.15) is 0 Å². The van der Waals surface area contributed by atoms with Gasteiger partial charge in [-0.25, -0.2) is 4.68 Å². The van der Waals surface area contributed by atoms with Gasteiger partial charge in [0.05, 0.1) is 12.6 Å². The molecule has 6 nitrogen and oxygen atoms in total. The molecule has 3 aliphatic rings. The molecule has 0 bridgehead atoms. The molecule has 4 rings (SSSR count). The zero-order valence-electron chi connectivity index (χ0n) is 13.0. The topological polar surface area (TPSA) is 66.2 Å². The number of rotatable bonds is 2. The van der Waals surface area contributed by atoms with Gasteiger partial charge < -0.3 is 10.4 Å². The van der Waals surface area contributed by atoms with Crippen LogP contribution >= 0.6 is 11.8 Å². The van der Waals surface area contributed by atoms with Crippen LogP contribution in [0, 0.1) is 0 Å². The molecule has 7 heteroatoms. The second-order valence-corrected chi connectivity index (χ2v) is 7.17. The standard InChI is InChI=1S/C15H23N5OS/c1-22-15-17-14-16-13-10(9-20(14)18-15)3-2-4-12(13)19-7-5-11(21)6-8-19/h11-12,21H,2-9H2,1H3,(H,16,17,18). The van der Waals surface area contributed by atoms with Crippen molar-refractivity contribution in [2.45, 2.75) is 56.0 Å². The van der Waals surface area contributed by atoms with Crippen molar-refractivity contribution in [1.82, 2.24) is 19.7 Å². The lowest BCUT2D eigenvalue weighted by atomic mass is 9.89. The minimum absolute atomic E-state index is 0.111. The SMILES string of the molecule is CSc1nc2n(n1)CC1=C(N2)C(N2CCC(O)CC2)CCC1. The number of aliphatic hydroxyl groups is 1. The number of allylic oxidation sites excluding steroid dienone is 1. The molecule has 1 aromatic rings. The molecule has 0 amide bonds. The number of nitrogens with one attached hydrogen (secondary N) is 1. The Kier molecular flexibility index (Phi) is 3.88. The van der Waals surface area contributed by atoms with Gasteiger partial charge >= 0.3 is 0 Å². The van der Waals surface area contributed by atoms with Crippen LogP contribution in [0.1, 0.15) is 32.1 Å². The van der Waals surface area contributed by atoms with Crippen molar-refractivity contribution in [3.05, 3.63) is 11.3 Å². The summed E-state index contributed by atoms with van der Waals surface area (Å²) in [6.07, 6.45) is 7.28. The molecular weight excluding hydrogens is 298 g/mol. The fourth-order valence-corrected chi connectivity index (χ4v) is 4.19. The average Bonchev–Trinajstić information content (AvgIpc) is 2.95. The third-order valence-electron chi connectivity index (χ3n) is 5.03. The monoisotopic (exact) mass is 321 g/mol. The summed E-state index contributed by atoms with van der Waals surface area (Å²) in [7, 11) is 0. The minimum Gasteiger partial charge on any atom is -0.393 e. The number of piperidine rings is 1. The Balaban J connectivity index is 1.57. The molecule has 1 aromatic heterocycles. The predicted molar refractivity (Wildman–Crippen MR) is 86.9 cm³/mol. The lowest BCUT2D eigenvalue weighted by molar-refractivity contribution is 0.0644. The van der Waals surface area contributed by atoms with E-state index in [0.717, 1.165) is 50.0 Å². The summed E-state index contributed by atoms with van der Waals surface area (Å²) in [6.45, 7) is 2.86. The van der Waals surface area contributed by atoms with E-state index in [4.69, 9.17) is 0 Å². The highest BCUT2D eigenvalue weighted by Crippen LogP contribution is 2.35. The number of thioether (sulfide) groups is 1. The Labute approximate surface area is 135 Å². The quantitative estimate of drug-likeness (QED) is 0.808. The molecule has 0 spiro atoms. The van der Waals surface area contributed by atoms with E-state index < -0.39 is 0 Å². The van der Waals surface area contributed by atoms with Crippen molar-refractivity contribution in [3.63, 3.8) is 0 Å². The molecule has 1 aliphatic carbocycles. The summed E-state index contributed by atoms with van der Waals surface area (Å²) in [4.78, 5) is 7.10. The Morgan fingerprint density at radius 2 is 2.09 bits per heavy atom. The molecular formula is C15H23N5OS. The van der Waals surface area contributed by atoms with Gasteiger partial charge in [-0.05, 0) is 43.9 Å². The van der Waals surface area contributed by atoms with E-state index >= 15 is 0 Å². The molecule has 1 fully saturated rings. The van der Waals surface area contributed by atoms with E-state index in [0.29, 0.717) is 6.04 Å². The van der Waals surface area contributed by atoms with Crippen molar-refractivity contribution >= 4 is 17.7 Å². The highest BCUT2D eigenvalue weighted by Gasteiger charge is 2.33. The van der Waals surface area contributed by atoms with E-state index in [1.165, 1.54) is 24.1 Å². The largest absolute Gasteiger partial charge is 0.393 e. The summed E-state index contributed by atoms with van der Waals surface area (Å²) in [6, 6.07) is 0.458. The van der Waals surface area contributed by atoms with Crippen LogP contribution in [0.25, 0.3) is 0 Å². The molecule has 2 aliphatic heterocycles. The van der Waals surface area contributed by atoms with Gasteiger partial charge in [-0.1, -0.05) is 11.8 Å². The number of anilines is 1. The Morgan fingerprint density at radius 3 is 2.86 bits per heavy atom. The van der Waals surface area contributed by atoms with Crippen LogP contribution in [0.3, 0.4) is 0 Å². The number of fused-ring (bicyclic) bond motifs is 1. The van der Waals surface area contributed by atoms with E-state index in [-0.39, 0.29) is 6.10 Å². The summed E-state index contributed by atoms with van der Waals surface area (Å²) in [5.74, 6) is 0.882. The molecule has 1 atom stereocenters. The summed E-state index contributed by atoms with van der Waals surface area (Å²) in [5.41, 5.74) is 2.84. The smallest absolute Gasteiger partial charge is 0.226 e. The van der Waals surface area contributed by atoms with E-state index in [1.54, 1.807) is 11.8 Å². The lowest BCUT2D eigenvalue weighted by Gasteiger charge is -2.41. The molecule has 1 saturated heterocycles. The molecule has 0 aromatic carbocycles. The van der Waals surface area contributed by atoms with E-state index in [1.807, 2.05) is 10.9 Å². The van der Waals surface area contributed by atoms with Crippen LogP contribution in [0.4, 0.5) is 5.95 Å². The number of likely N-dealkylation sites (tertiary alicyclic amines) is 1. The summed E-state index contributed by atoms with van der Waals surface area (Å²) < 4.78 is 1.99. The Hall–Kier alpha value is -1.05. The number of hydrogen-bond donors (Lipinski definition) is 2. The van der Waals surface area contributed by atoms with Crippen LogP contribution in [-0.2, 0) is 6.54 Å². The van der Waals surface area contributed by atoms with Gasteiger partial charge in [-0.15, -0.1) is 5.10 Å². The second kappa shape index (κ2) is 5.86. The fourth-order valence-electron chi connectivity index (χ4n) is 3.83. The van der Waals surface area contributed by atoms with Crippen LogP contribution < -0.4 is 5.32 Å². The van der Waals surface area contributed by atoms with Gasteiger partial charge in [0, 0.05) is 24.8 Å². The number of nitrogens with zero attached hydrogens (tertiary/aromatic N) is 4. The molecule has 0 radical (unpaired) electrons. The fraction of sp³-hybridized carbons (Fsp3) is 0.733. The zero-order valence-corrected chi connectivity index (χ0v) is 13.8. The minimum atomic E-state index is -0.111. The Morgan fingerprint density at radius 1 is 1.27 bits per heavy atom. The molecule has 2 N–H and O–H groups in total. The van der Waals surface area contributed by atoms with Gasteiger partial charge in [0.15, 0.2) is 0 Å². The first-order chi connectivity index (χ1) is 10.7. The molecule has 1 unspecified atom stereocenters. The summed E-state index contributed by atoms with van der Waals surface area (Å²) >= 11 is 1.58. The van der Waals surface area contributed by atoms with E-state index in [2.05, 4.69) is 20.3 Å². The van der Waals surface area contributed by atoms with Crippen molar-refractivity contribution < 1.29 is 5.11 Å². The van der Waals surface area contributed by atoms with E-state index in [9.17, 15) is 5.11 Å². The van der Waals surface area contributed by atoms with Crippen molar-refractivity contribution in [3.8, 4) is 0 Å². The highest BCUT2D eigenvalue weighted by molar-refractivity contribution is 7.98. The van der Waals surface area contributed by atoms with Gasteiger partial charge in [0.2, 0.25) is 11.1 Å². The van der Waals surface area contributed by atoms with Gasteiger partial charge in [-0.2, -0.15) is 4.98 Å². The van der Waals surface area contributed by atoms with Gasteiger partial charge in [-0.3, -0.25) is 4.90 Å². The lowest BCUT2D eigenvalue weighted by Crippen LogP contribution is -2.47. The predicted octanol–water partition coefficient (Wildman–Crippen LogP) is 1.69. The second-order valence-electron chi connectivity index (χ2n) is 6.40. The maximum Gasteiger partial charge on any atom is 0.226 e. The third-order valence-corrected chi connectivity index (χ3v) is 5.57. The molecule has 22 heavy (non-hydrogen) atoms. The maximum atomic E-state index is 9.74. The normalized spacial score (nSPS) is 26.5. The first-order valence-electron chi connectivity index (χ1n) is 8.14. The van der Waals surface area contributed by atoms with Crippen LogP contribution in [0.2, 0.25) is 0 Å². The highest BCUT2D eigenvalue weighted by atomic mass is 32.2. The maximum absolute atomic E-state index is 9.74.